The van der Waals surface area contributed by atoms with Crippen molar-refractivity contribution in [1.29, 1.82) is 0 Å². The Labute approximate surface area is 178 Å². The summed E-state index contributed by atoms with van der Waals surface area (Å²) in [7, 11) is 0. The van der Waals surface area contributed by atoms with Gasteiger partial charge >= 0.3 is 0 Å². The summed E-state index contributed by atoms with van der Waals surface area (Å²) < 4.78 is 11.5. The molecule has 1 aromatic heterocycles. The van der Waals surface area contributed by atoms with E-state index >= 15 is 0 Å². The van der Waals surface area contributed by atoms with Crippen molar-refractivity contribution in [2.45, 2.75) is 51.2 Å². The SMILES string of the molecule is O=C(NCc1ccc(N2CCCCCC2)nc1)c1ccccc1OC[C@H]1CCCO1. The number of benzene rings is 1. The Morgan fingerprint density at radius 2 is 1.93 bits per heavy atom. The van der Waals surface area contributed by atoms with E-state index in [2.05, 4.69) is 21.3 Å². The summed E-state index contributed by atoms with van der Waals surface area (Å²) in [6.45, 7) is 3.86. The molecule has 160 valence electrons. The van der Waals surface area contributed by atoms with Crippen molar-refractivity contribution >= 4 is 11.7 Å². The van der Waals surface area contributed by atoms with Gasteiger partial charge < -0.3 is 19.7 Å². The van der Waals surface area contributed by atoms with Crippen LogP contribution >= 0.6 is 0 Å². The Morgan fingerprint density at radius 1 is 1.10 bits per heavy atom. The lowest BCUT2D eigenvalue weighted by Gasteiger charge is -2.21. The molecule has 0 saturated carbocycles. The average Bonchev–Trinajstić information content (AvgIpc) is 3.17. The van der Waals surface area contributed by atoms with Crippen LogP contribution in [0.4, 0.5) is 5.82 Å². The molecule has 0 radical (unpaired) electrons. The molecular formula is C24H31N3O3. The normalized spacial score (nSPS) is 19.3. The molecule has 0 unspecified atom stereocenters. The number of hydrogen-bond donors (Lipinski definition) is 1. The number of para-hydroxylation sites is 1. The summed E-state index contributed by atoms with van der Waals surface area (Å²) in [4.78, 5) is 19.7. The first-order valence-corrected chi connectivity index (χ1v) is 11.1. The van der Waals surface area contributed by atoms with E-state index in [1.54, 1.807) is 6.07 Å². The molecule has 30 heavy (non-hydrogen) atoms. The highest BCUT2D eigenvalue weighted by molar-refractivity contribution is 5.96. The summed E-state index contributed by atoms with van der Waals surface area (Å²) >= 11 is 0. The van der Waals surface area contributed by atoms with Crippen molar-refractivity contribution in [3.05, 3.63) is 53.7 Å². The minimum Gasteiger partial charge on any atom is -0.490 e. The third-order valence-corrected chi connectivity index (χ3v) is 5.77. The van der Waals surface area contributed by atoms with E-state index in [1.807, 2.05) is 30.5 Å². The number of carbonyl (C=O) groups excluding carboxylic acids is 1. The van der Waals surface area contributed by atoms with Gasteiger partial charge in [0.15, 0.2) is 0 Å². The Hall–Kier alpha value is -2.60. The van der Waals surface area contributed by atoms with Gasteiger partial charge in [-0.05, 0) is 49.4 Å². The molecule has 2 aromatic rings. The zero-order chi connectivity index (χ0) is 20.6. The van der Waals surface area contributed by atoms with Gasteiger partial charge in [-0.15, -0.1) is 0 Å². The zero-order valence-electron chi connectivity index (χ0n) is 17.5. The van der Waals surface area contributed by atoms with Crippen LogP contribution in [0.25, 0.3) is 0 Å². The number of amides is 1. The molecule has 2 fully saturated rings. The van der Waals surface area contributed by atoms with Gasteiger partial charge in [-0.3, -0.25) is 4.79 Å². The topological polar surface area (TPSA) is 63.7 Å². The second-order valence-electron chi connectivity index (χ2n) is 8.05. The zero-order valence-corrected chi connectivity index (χ0v) is 17.5. The van der Waals surface area contributed by atoms with E-state index < -0.39 is 0 Å². The molecule has 1 N–H and O–H groups in total. The average molecular weight is 410 g/mol. The van der Waals surface area contributed by atoms with E-state index in [9.17, 15) is 4.79 Å². The highest BCUT2D eigenvalue weighted by atomic mass is 16.5. The predicted molar refractivity (Wildman–Crippen MR) is 117 cm³/mol. The first-order chi connectivity index (χ1) is 14.8. The molecule has 3 heterocycles. The van der Waals surface area contributed by atoms with Crippen molar-refractivity contribution in [2.75, 3.05) is 31.2 Å². The Kier molecular flexibility index (Phi) is 7.19. The lowest BCUT2D eigenvalue weighted by molar-refractivity contribution is 0.0670. The van der Waals surface area contributed by atoms with Crippen LogP contribution < -0.4 is 15.0 Å². The van der Waals surface area contributed by atoms with Crippen LogP contribution in [-0.2, 0) is 11.3 Å². The highest BCUT2D eigenvalue weighted by Crippen LogP contribution is 2.21. The van der Waals surface area contributed by atoms with Crippen LogP contribution in [0.2, 0.25) is 0 Å². The third-order valence-electron chi connectivity index (χ3n) is 5.77. The molecule has 2 aliphatic rings. The van der Waals surface area contributed by atoms with Crippen LogP contribution in [0.1, 0.15) is 54.4 Å². The van der Waals surface area contributed by atoms with Crippen LogP contribution in [0.3, 0.4) is 0 Å². The molecular weight excluding hydrogens is 378 g/mol. The summed E-state index contributed by atoms with van der Waals surface area (Å²) in [6.07, 6.45) is 9.13. The first-order valence-electron chi connectivity index (χ1n) is 11.1. The van der Waals surface area contributed by atoms with Crippen LogP contribution in [0.5, 0.6) is 5.75 Å². The smallest absolute Gasteiger partial charge is 0.255 e. The lowest BCUT2D eigenvalue weighted by atomic mass is 10.1. The molecule has 6 nitrogen and oxygen atoms in total. The molecule has 2 saturated heterocycles. The second-order valence-corrected chi connectivity index (χ2v) is 8.05. The van der Waals surface area contributed by atoms with Crippen molar-refractivity contribution in [2.24, 2.45) is 0 Å². The summed E-state index contributed by atoms with van der Waals surface area (Å²) in [5, 5.41) is 2.99. The maximum absolute atomic E-state index is 12.7. The quantitative estimate of drug-likeness (QED) is 0.750. The van der Waals surface area contributed by atoms with Crippen LogP contribution in [-0.4, -0.2) is 43.3 Å². The maximum Gasteiger partial charge on any atom is 0.255 e. The number of pyridine rings is 1. The molecule has 1 atom stereocenters. The van der Waals surface area contributed by atoms with Crippen molar-refractivity contribution < 1.29 is 14.3 Å². The molecule has 0 bridgehead atoms. The van der Waals surface area contributed by atoms with E-state index in [-0.39, 0.29) is 12.0 Å². The van der Waals surface area contributed by atoms with Gasteiger partial charge in [-0.25, -0.2) is 4.98 Å². The number of aromatic nitrogens is 1. The molecule has 6 heteroatoms. The van der Waals surface area contributed by atoms with Crippen molar-refractivity contribution in [3.63, 3.8) is 0 Å². The number of ether oxygens (including phenoxy) is 2. The number of nitrogens with one attached hydrogen (secondary N) is 1. The van der Waals surface area contributed by atoms with Gasteiger partial charge in [0.1, 0.15) is 18.2 Å². The highest BCUT2D eigenvalue weighted by Gasteiger charge is 2.18. The molecule has 2 aliphatic heterocycles. The van der Waals surface area contributed by atoms with Crippen LogP contribution in [0, 0.1) is 0 Å². The number of rotatable bonds is 7. The molecule has 4 rings (SSSR count). The molecule has 1 amide bonds. The van der Waals surface area contributed by atoms with Crippen molar-refractivity contribution in [1.82, 2.24) is 10.3 Å². The van der Waals surface area contributed by atoms with Gasteiger partial charge in [0.2, 0.25) is 0 Å². The summed E-state index contributed by atoms with van der Waals surface area (Å²) in [6, 6.07) is 11.5. The van der Waals surface area contributed by atoms with Gasteiger partial charge in [-0.2, -0.15) is 0 Å². The fraction of sp³-hybridized carbons (Fsp3) is 0.500. The minimum atomic E-state index is -0.144. The molecule has 0 spiro atoms. The number of nitrogens with zero attached hydrogens (tertiary/aromatic N) is 2. The van der Waals surface area contributed by atoms with E-state index in [0.29, 0.717) is 24.5 Å². The summed E-state index contributed by atoms with van der Waals surface area (Å²) in [5.41, 5.74) is 1.53. The minimum absolute atomic E-state index is 0.120. The summed E-state index contributed by atoms with van der Waals surface area (Å²) in [5.74, 6) is 1.48. The van der Waals surface area contributed by atoms with Crippen molar-refractivity contribution in [3.8, 4) is 5.75 Å². The van der Waals surface area contributed by atoms with Gasteiger partial charge in [0, 0.05) is 32.4 Å². The molecule has 1 aromatic carbocycles. The fourth-order valence-corrected chi connectivity index (χ4v) is 4.02. The Bertz CT molecular complexity index is 811. The van der Waals surface area contributed by atoms with Gasteiger partial charge in [0.05, 0.1) is 11.7 Å². The third kappa shape index (κ3) is 5.51. The van der Waals surface area contributed by atoms with E-state index in [0.717, 1.165) is 43.9 Å². The van der Waals surface area contributed by atoms with Gasteiger partial charge in [-0.1, -0.05) is 31.0 Å². The first kappa shape index (κ1) is 20.7. The standard InChI is InChI=1S/C24H31N3O3/c28-24(21-9-3-4-10-22(21)30-18-20-8-7-15-29-20)26-17-19-11-12-23(25-16-19)27-13-5-1-2-6-14-27/h3-4,9-12,16,20H,1-2,5-8,13-15,17-18H2,(H,26,28)/t20-/m1/s1. The second kappa shape index (κ2) is 10.4. The number of carbonyl (C=O) groups is 1. The monoisotopic (exact) mass is 409 g/mol. The van der Waals surface area contributed by atoms with Gasteiger partial charge in [0.25, 0.3) is 5.91 Å². The van der Waals surface area contributed by atoms with E-state index in [4.69, 9.17) is 9.47 Å². The number of hydrogen-bond acceptors (Lipinski definition) is 5. The number of anilines is 1. The maximum atomic E-state index is 12.7. The van der Waals surface area contributed by atoms with Crippen LogP contribution in [0.15, 0.2) is 42.6 Å². The lowest BCUT2D eigenvalue weighted by Crippen LogP contribution is -2.26. The Morgan fingerprint density at radius 3 is 2.67 bits per heavy atom. The molecule has 0 aliphatic carbocycles. The largest absolute Gasteiger partial charge is 0.490 e. The fourth-order valence-electron chi connectivity index (χ4n) is 4.02. The van der Waals surface area contributed by atoms with E-state index in [1.165, 1.54) is 25.7 Å². The Balaban J connectivity index is 1.32. The predicted octanol–water partition coefficient (Wildman–Crippen LogP) is 3.95.